The van der Waals surface area contributed by atoms with Crippen LogP contribution in [0.1, 0.15) is 21.6 Å². The Kier molecular flexibility index (Phi) is 7.02. The minimum absolute atomic E-state index is 0.0724. The molecule has 13 heteroatoms. The van der Waals surface area contributed by atoms with Gasteiger partial charge in [-0.25, -0.2) is 18.5 Å². The number of thiazole rings is 1. The third-order valence-corrected chi connectivity index (χ3v) is 5.81. The minimum Gasteiger partial charge on any atom is -0.493 e. The maximum Gasteiger partial charge on any atom is 0.286 e. The zero-order chi connectivity index (χ0) is 23.3. The molecule has 2 aromatic carbocycles. The third-order valence-electron chi connectivity index (χ3n) is 4.26. The van der Waals surface area contributed by atoms with Crippen molar-refractivity contribution in [2.24, 2.45) is 5.14 Å². The first-order valence-electron chi connectivity index (χ1n) is 8.95. The van der Waals surface area contributed by atoms with Crippen molar-refractivity contribution in [3.63, 3.8) is 0 Å². The Labute approximate surface area is 187 Å². The van der Waals surface area contributed by atoms with Crippen molar-refractivity contribution in [3.05, 3.63) is 74.2 Å². The van der Waals surface area contributed by atoms with Gasteiger partial charge in [0.1, 0.15) is 12.2 Å². The molecule has 0 aliphatic heterocycles. The van der Waals surface area contributed by atoms with Gasteiger partial charge in [-0.1, -0.05) is 12.1 Å². The summed E-state index contributed by atoms with van der Waals surface area (Å²) in [6.07, 6.45) is 0. The minimum atomic E-state index is -3.91. The molecule has 0 spiro atoms. The summed E-state index contributed by atoms with van der Waals surface area (Å²) in [5.41, 5.74) is 2.00. The van der Waals surface area contributed by atoms with Crippen molar-refractivity contribution >= 4 is 33.0 Å². The van der Waals surface area contributed by atoms with Gasteiger partial charge >= 0.3 is 0 Å². The number of carbonyl (C=O) groups is 1. The Hall–Kier alpha value is -3.55. The Morgan fingerprint density at radius 2 is 2.06 bits per heavy atom. The molecular weight excluding hydrogens is 460 g/mol. The predicted octanol–water partition coefficient (Wildman–Crippen LogP) is 2.22. The number of nitro benzene ring substituents is 1. The average Bonchev–Trinajstić information content (AvgIpc) is 3.28. The smallest absolute Gasteiger partial charge is 0.286 e. The molecule has 0 bridgehead atoms. The van der Waals surface area contributed by atoms with E-state index in [1.807, 2.05) is 0 Å². The van der Waals surface area contributed by atoms with Gasteiger partial charge in [0.05, 0.1) is 34.2 Å². The molecule has 1 aromatic heterocycles. The number of primary sulfonamides is 1. The highest BCUT2D eigenvalue weighted by molar-refractivity contribution is 7.89. The monoisotopic (exact) mass is 478 g/mol. The lowest BCUT2D eigenvalue weighted by atomic mass is 10.1. The van der Waals surface area contributed by atoms with E-state index in [1.165, 1.54) is 42.7 Å². The van der Waals surface area contributed by atoms with Gasteiger partial charge < -0.3 is 14.8 Å². The number of aromatic nitrogens is 1. The van der Waals surface area contributed by atoms with Crippen molar-refractivity contribution in [1.29, 1.82) is 0 Å². The zero-order valence-corrected chi connectivity index (χ0v) is 18.3. The van der Waals surface area contributed by atoms with E-state index in [0.29, 0.717) is 11.3 Å². The van der Waals surface area contributed by atoms with Crippen molar-refractivity contribution in [2.75, 3.05) is 7.11 Å². The summed E-state index contributed by atoms with van der Waals surface area (Å²) in [7, 11) is -2.56. The molecule has 0 atom stereocenters. The molecule has 1 amide bonds. The van der Waals surface area contributed by atoms with Crippen LogP contribution in [0.4, 0.5) is 5.69 Å². The van der Waals surface area contributed by atoms with Gasteiger partial charge in [0, 0.05) is 18.0 Å². The SMILES string of the molecule is COc1cc(C(=O)NCc2cccc(S(N)(=O)=O)c2)c([N+](=O)[O-])cc1OCc1cscn1. The number of nitro groups is 1. The van der Waals surface area contributed by atoms with Crippen molar-refractivity contribution in [2.45, 2.75) is 18.0 Å². The number of nitrogens with one attached hydrogen (secondary N) is 1. The Morgan fingerprint density at radius 1 is 1.28 bits per heavy atom. The maximum absolute atomic E-state index is 12.7. The van der Waals surface area contributed by atoms with E-state index >= 15 is 0 Å². The van der Waals surface area contributed by atoms with E-state index in [-0.39, 0.29) is 35.1 Å². The van der Waals surface area contributed by atoms with Crippen LogP contribution in [0.3, 0.4) is 0 Å². The lowest BCUT2D eigenvalue weighted by Crippen LogP contribution is -2.24. The lowest BCUT2D eigenvalue weighted by molar-refractivity contribution is -0.385. The molecule has 0 unspecified atom stereocenters. The molecule has 0 fully saturated rings. The number of carbonyl (C=O) groups excluding carboxylic acids is 1. The van der Waals surface area contributed by atoms with Gasteiger partial charge in [-0.2, -0.15) is 0 Å². The molecule has 0 aliphatic rings. The van der Waals surface area contributed by atoms with Crippen molar-refractivity contribution in [3.8, 4) is 11.5 Å². The molecule has 0 saturated heterocycles. The summed E-state index contributed by atoms with van der Waals surface area (Å²) in [4.78, 5) is 27.5. The van der Waals surface area contributed by atoms with Crippen LogP contribution in [-0.4, -0.2) is 31.3 Å². The molecule has 0 saturated carbocycles. The molecule has 3 N–H and O–H groups in total. The first-order valence-corrected chi connectivity index (χ1v) is 11.4. The fraction of sp³-hybridized carbons (Fsp3) is 0.158. The fourth-order valence-electron chi connectivity index (χ4n) is 2.72. The van der Waals surface area contributed by atoms with Crippen LogP contribution in [0, 0.1) is 10.1 Å². The van der Waals surface area contributed by atoms with Gasteiger partial charge in [-0.15, -0.1) is 11.3 Å². The number of nitrogens with zero attached hydrogens (tertiary/aromatic N) is 2. The number of hydrogen-bond acceptors (Lipinski definition) is 9. The van der Waals surface area contributed by atoms with Crippen LogP contribution in [0.2, 0.25) is 0 Å². The summed E-state index contributed by atoms with van der Waals surface area (Å²) >= 11 is 1.38. The molecular formula is C19H18N4O7S2. The molecule has 32 heavy (non-hydrogen) atoms. The van der Waals surface area contributed by atoms with E-state index in [4.69, 9.17) is 14.6 Å². The Bertz CT molecular complexity index is 1240. The van der Waals surface area contributed by atoms with Gasteiger partial charge in [0.25, 0.3) is 11.6 Å². The van der Waals surface area contributed by atoms with Gasteiger partial charge in [-0.3, -0.25) is 14.9 Å². The number of ether oxygens (including phenoxy) is 2. The summed E-state index contributed by atoms with van der Waals surface area (Å²) in [5, 5.41) is 21.0. The molecule has 11 nitrogen and oxygen atoms in total. The summed E-state index contributed by atoms with van der Waals surface area (Å²) in [6, 6.07) is 8.01. The van der Waals surface area contributed by atoms with Crippen LogP contribution >= 0.6 is 11.3 Å². The van der Waals surface area contributed by atoms with E-state index in [2.05, 4.69) is 10.3 Å². The van der Waals surface area contributed by atoms with Gasteiger partial charge in [-0.05, 0) is 17.7 Å². The topological polar surface area (TPSA) is 164 Å². The van der Waals surface area contributed by atoms with Gasteiger partial charge in [0.2, 0.25) is 10.0 Å². The van der Waals surface area contributed by atoms with Crippen molar-refractivity contribution in [1.82, 2.24) is 10.3 Å². The largest absolute Gasteiger partial charge is 0.493 e. The molecule has 1 heterocycles. The number of nitrogens with two attached hydrogens (primary N) is 1. The molecule has 0 radical (unpaired) electrons. The number of sulfonamides is 1. The van der Waals surface area contributed by atoms with Crippen LogP contribution < -0.4 is 19.9 Å². The standard InChI is InChI=1S/C19H18N4O7S2/c1-29-17-6-15(16(23(25)26)7-18(17)30-9-13-10-31-11-22-13)19(24)21-8-12-3-2-4-14(5-12)32(20,27)28/h2-7,10-11H,8-9H2,1H3,(H,21,24)(H2,20,27,28). The van der Waals surface area contributed by atoms with Crippen LogP contribution in [0.5, 0.6) is 11.5 Å². The zero-order valence-electron chi connectivity index (χ0n) is 16.7. The van der Waals surface area contributed by atoms with Crippen LogP contribution in [0.25, 0.3) is 0 Å². The normalized spacial score (nSPS) is 11.1. The molecule has 3 rings (SSSR count). The molecule has 168 valence electrons. The molecule has 3 aromatic rings. The Balaban J connectivity index is 1.82. The van der Waals surface area contributed by atoms with Crippen molar-refractivity contribution < 1.29 is 27.6 Å². The number of methoxy groups -OCH3 is 1. The maximum atomic E-state index is 12.7. The number of amides is 1. The first-order chi connectivity index (χ1) is 15.2. The van der Waals surface area contributed by atoms with Crippen LogP contribution in [0.15, 0.2) is 52.2 Å². The quantitative estimate of drug-likeness (QED) is 0.349. The average molecular weight is 479 g/mol. The van der Waals surface area contributed by atoms with Gasteiger partial charge in [0.15, 0.2) is 11.5 Å². The summed E-state index contributed by atoms with van der Waals surface area (Å²) in [6.45, 7) is -0.00725. The second-order valence-electron chi connectivity index (χ2n) is 6.42. The highest BCUT2D eigenvalue weighted by Crippen LogP contribution is 2.35. The Morgan fingerprint density at radius 3 is 2.69 bits per heavy atom. The highest BCUT2D eigenvalue weighted by atomic mass is 32.2. The van der Waals surface area contributed by atoms with E-state index < -0.39 is 26.5 Å². The summed E-state index contributed by atoms with van der Waals surface area (Å²) < 4.78 is 33.8. The summed E-state index contributed by atoms with van der Waals surface area (Å²) in [5.74, 6) is -0.529. The first kappa shape index (κ1) is 23.1. The van der Waals surface area contributed by atoms with Crippen LogP contribution in [-0.2, 0) is 23.2 Å². The highest BCUT2D eigenvalue weighted by Gasteiger charge is 2.25. The third kappa shape index (κ3) is 5.57. The fourth-order valence-corrected chi connectivity index (χ4v) is 3.85. The van der Waals surface area contributed by atoms with E-state index in [1.54, 1.807) is 17.0 Å². The number of hydrogen-bond donors (Lipinski definition) is 2. The van der Waals surface area contributed by atoms with E-state index in [0.717, 1.165) is 6.07 Å². The number of rotatable bonds is 9. The lowest BCUT2D eigenvalue weighted by Gasteiger charge is -2.12. The second-order valence-corrected chi connectivity index (χ2v) is 8.70. The predicted molar refractivity (Wildman–Crippen MR) is 115 cm³/mol. The number of benzene rings is 2. The molecule has 0 aliphatic carbocycles. The van der Waals surface area contributed by atoms with E-state index in [9.17, 15) is 23.3 Å². The second kappa shape index (κ2) is 9.72.